The number of aromatic hydroxyl groups is 2. The number of hydrogen-bond acceptors (Lipinski definition) is 4. The number of hydrogen-bond donors (Lipinski definition) is 3. The van der Waals surface area contributed by atoms with Crippen molar-refractivity contribution in [2.24, 2.45) is 5.41 Å². The number of rotatable bonds is 2. The first kappa shape index (κ1) is 20.3. The molecule has 0 amide bonds. The number of phenolic OH excluding ortho intramolecular Hbond substituents is 2. The second-order valence-electron chi connectivity index (χ2n) is 6.30. The van der Waals surface area contributed by atoms with Crippen LogP contribution in [0.2, 0.25) is 0 Å². The monoisotopic (exact) mass is 336 g/mol. The van der Waals surface area contributed by atoms with Gasteiger partial charge in [-0.15, -0.1) is 24.8 Å². The number of benzene rings is 1. The summed E-state index contributed by atoms with van der Waals surface area (Å²) in [7, 11) is 0. The van der Waals surface area contributed by atoms with Crippen molar-refractivity contribution >= 4 is 24.8 Å². The molecule has 0 unspecified atom stereocenters. The first-order chi connectivity index (χ1) is 8.89. The second-order valence-corrected chi connectivity index (χ2v) is 6.30. The Morgan fingerprint density at radius 2 is 1.62 bits per heavy atom. The molecule has 1 heterocycles. The molecule has 0 aromatic heterocycles. The van der Waals surface area contributed by atoms with Gasteiger partial charge in [-0.3, -0.25) is 4.90 Å². The van der Waals surface area contributed by atoms with Gasteiger partial charge in [0.1, 0.15) is 0 Å². The maximum atomic E-state index is 9.73. The van der Waals surface area contributed by atoms with E-state index in [1.54, 1.807) is 12.1 Å². The quantitative estimate of drug-likeness (QED) is 0.727. The smallest absolute Gasteiger partial charge is 0.157 e. The van der Waals surface area contributed by atoms with Crippen LogP contribution in [-0.2, 0) is 0 Å². The largest absolute Gasteiger partial charge is 0.504 e. The summed E-state index contributed by atoms with van der Waals surface area (Å²) in [5, 5.41) is 22.6. The van der Waals surface area contributed by atoms with Gasteiger partial charge in [-0.1, -0.05) is 26.8 Å². The standard InChI is InChI=1S/C15H24N2O2.2ClH/c1-15(2,3)14(17-8-6-16-7-9-17)11-4-5-12(18)13(19)10-11;;/h4-5,10,14,16,18-19H,6-9H2,1-3H3;2*1H/t14-;;/m0../s1. The number of halogens is 2. The van der Waals surface area contributed by atoms with Crippen LogP contribution in [-0.4, -0.2) is 41.3 Å². The molecular formula is C15H26Cl2N2O2. The van der Waals surface area contributed by atoms with Gasteiger partial charge in [0.05, 0.1) is 0 Å². The van der Waals surface area contributed by atoms with Crippen molar-refractivity contribution in [1.29, 1.82) is 0 Å². The fourth-order valence-electron chi connectivity index (χ4n) is 2.91. The number of phenols is 2. The Morgan fingerprint density at radius 3 is 2.10 bits per heavy atom. The van der Waals surface area contributed by atoms with Crippen molar-refractivity contribution in [2.45, 2.75) is 26.8 Å². The van der Waals surface area contributed by atoms with Gasteiger partial charge in [-0.25, -0.2) is 0 Å². The molecule has 0 saturated carbocycles. The lowest BCUT2D eigenvalue weighted by molar-refractivity contribution is 0.0860. The number of piperazine rings is 1. The molecule has 1 aliphatic heterocycles. The van der Waals surface area contributed by atoms with Gasteiger partial charge >= 0.3 is 0 Å². The zero-order valence-corrected chi connectivity index (χ0v) is 14.4. The molecule has 122 valence electrons. The summed E-state index contributed by atoms with van der Waals surface area (Å²) in [6, 6.07) is 5.41. The van der Waals surface area contributed by atoms with Gasteiger partial charge in [-0.05, 0) is 23.1 Å². The lowest BCUT2D eigenvalue weighted by Gasteiger charge is -2.42. The molecule has 6 heteroatoms. The molecule has 1 aromatic carbocycles. The van der Waals surface area contributed by atoms with Crippen molar-refractivity contribution in [3.63, 3.8) is 0 Å². The van der Waals surface area contributed by atoms with E-state index < -0.39 is 0 Å². The minimum atomic E-state index is -0.0586. The van der Waals surface area contributed by atoms with Crippen LogP contribution >= 0.6 is 24.8 Å². The average Bonchev–Trinajstić information content (AvgIpc) is 2.34. The second kappa shape index (κ2) is 8.08. The molecule has 0 spiro atoms. The first-order valence-corrected chi connectivity index (χ1v) is 6.86. The molecule has 1 aromatic rings. The van der Waals surface area contributed by atoms with Crippen LogP contribution in [0.15, 0.2) is 18.2 Å². The fourth-order valence-corrected chi connectivity index (χ4v) is 2.91. The molecule has 1 fully saturated rings. The van der Waals surface area contributed by atoms with Crippen LogP contribution in [0.25, 0.3) is 0 Å². The third-order valence-corrected chi connectivity index (χ3v) is 3.65. The summed E-state index contributed by atoms with van der Waals surface area (Å²) in [5.74, 6) is -0.0985. The Bertz CT molecular complexity index is 444. The van der Waals surface area contributed by atoms with Crippen molar-refractivity contribution < 1.29 is 10.2 Å². The fraction of sp³-hybridized carbons (Fsp3) is 0.600. The lowest BCUT2D eigenvalue weighted by atomic mass is 9.81. The van der Waals surface area contributed by atoms with E-state index in [9.17, 15) is 10.2 Å². The predicted molar refractivity (Wildman–Crippen MR) is 90.9 cm³/mol. The Kier molecular flexibility index (Phi) is 7.82. The summed E-state index contributed by atoms with van der Waals surface area (Å²) in [6.07, 6.45) is 0. The first-order valence-electron chi connectivity index (χ1n) is 6.86. The molecule has 4 nitrogen and oxygen atoms in total. The predicted octanol–water partition coefficient (Wildman–Crippen LogP) is 2.93. The zero-order chi connectivity index (χ0) is 14.0. The highest BCUT2D eigenvalue weighted by molar-refractivity contribution is 5.85. The minimum absolute atomic E-state index is 0. The van der Waals surface area contributed by atoms with Crippen LogP contribution in [0.4, 0.5) is 0 Å². The van der Waals surface area contributed by atoms with E-state index >= 15 is 0 Å². The summed E-state index contributed by atoms with van der Waals surface area (Å²) < 4.78 is 0. The minimum Gasteiger partial charge on any atom is -0.504 e. The van der Waals surface area contributed by atoms with Crippen molar-refractivity contribution in [1.82, 2.24) is 10.2 Å². The molecule has 1 atom stereocenters. The summed E-state index contributed by atoms with van der Waals surface area (Å²) >= 11 is 0. The molecule has 21 heavy (non-hydrogen) atoms. The van der Waals surface area contributed by atoms with Gasteiger partial charge in [-0.2, -0.15) is 0 Å². The normalized spacial score (nSPS) is 17.5. The Hall–Kier alpha value is -0.680. The van der Waals surface area contributed by atoms with Gasteiger partial charge in [0, 0.05) is 32.2 Å². The van der Waals surface area contributed by atoms with E-state index in [1.807, 2.05) is 6.07 Å². The summed E-state index contributed by atoms with van der Waals surface area (Å²) in [4.78, 5) is 2.45. The van der Waals surface area contributed by atoms with Crippen LogP contribution < -0.4 is 5.32 Å². The number of nitrogens with zero attached hydrogens (tertiary/aromatic N) is 1. The van der Waals surface area contributed by atoms with Gasteiger partial charge in [0.2, 0.25) is 0 Å². The maximum Gasteiger partial charge on any atom is 0.157 e. The highest BCUT2D eigenvalue weighted by atomic mass is 35.5. The maximum absolute atomic E-state index is 9.73. The van der Waals surface area contributed by atoms with Crippen molar-refractivity contribution in [2.75, 3.05) is 26.2 Å². The third-order valence-electron chi connectivity index (χ3n) is 3.65. The average molecular weight is 337 g/mol. The molecule has 0 aliphatic carbocycles. The molecule has 2 rings (SSSR count). The van der Waals surface area contributed by atoms with E-state index in [4.69, 9.17) is 0 Å². The molecule has 0 radical (unpaired) electrons. The SMILES string of the molecule is CC(C)(C)[C@H](c1ccc(O)c(O)c1)N1CCNCC1.Cl.Cl. The van der Waals surface area contributed by atoms with E-state index in [1.165, 1.54) is 0 Å². The van der Waals surface area contributed by atoms with Crippen molar-refractivity contribution in [3.05, 3.63) is 23.8 Å². The van der Waals surface area contributed by atoms with Gasteiger partial charge in [0.15, 0.2) is 11.5 Å². The Balaban J connectivity index is 0.00000200. The van der Waals surface area contributed by atoms with Crippen LogP contribution in [0.1, 0.15) is 32.4 Å². The molecule has 0 bridgehead atoms. The lowest BCUT2D eigenvalue weighted by Crippen LogP contribution is -2.48. The van der Waals surface area contributed by atoms with Gasteiger partial charge < -0.3 is 15.5 Å². The Labute approximate surface area is 139 Å². The molecule has 1 aliphatic rings. The zero-order valence-electron chi connectivity index (χ0n) is 12.8. The van der Waals surface area contributed by atoms with Crippen LogP contribution in [0, 0.1) is 5.41 Å². The molecule has 1 saturated heterocycles. The van der Waals surface area contributed by atoms with E-state index in [-0.39, 0.29) is 47.8 Å². The van der Waals surface area contributed by atoms with Crippen LogP contribution in [0.5, 0.6) is 11.5 Å². The third kappa shape index (κ3) is 4.92. The van der Waals surface area contributed by atoms with Gasteiger partial charge in [0.25, 0.3) is 0 Å². The summed E-state index contributed by atoms with van der Waals surface area (Å²) in [5.41, 5.74) is 1.13. The van der Waals surface area contributed by atoms with Crippen LogP contribution in [0.3, 0.4) is 0 Å². The summed E-state index contributed by atoms with van der Waals surface area (Å²) in [6.45, 7) is 10.6. The van der Waals surface area contributed by atoms with E-state index in [0.29, 0.717) is 0 Å². The number of nitrogens with one attached hydrogen (secondary N) is 1. The molecular weight excluding hydrogens is 311 g/mol. The van der Waals surface area contributed by atoms with Crippen molar-refractivity contribution in [3.8, 4) is 11.5 Å². The van der Waals surface area contributed by atoms with E-state index in [0.717, 1.165) is 31.7 Å². The topological polar surface area (TPSA) is 55.7 Å². The highest BCUT2D eigenvalue weighted by Gasteiger charge is 2.32. The molecule has 3 N–H and O–H groups in total. The highest BCUT2D eigenvalue weighted by Crippen LogP contribution is 2.40. The van der Waals surface area contributed by atoms with E-state index in [2.05, 4.69) is 31.0 Å². The Morgan fingerprint density at radius 1 is 1.05 bits per heavy atom.